The van der Waals surface area contributed by atoms with E-state index in [2.05, 4.69) is 17.2 Å². The van der Waals surface area contributed by atoms with Gasteiger partial charge in [0.05, 0.1) is 0 Å². The molecule has 6 nitrogen and oxygen atoms in total. The quantitative estimate of drug-likeness (QED) is 0.922. The van der Waals surface area contributed by atoms with Crippen molar-refractivity contribution in [2.45, 2.75) is 19.8 Å². The number of nitrogens with zero attached hydrogens (tertiary/aromatic N) is 2. The van der Waals surface area contributed by atoms with Crippen LogP contribution in [0.5, 0.6) is 11.5 Å². The lowest BCUT2D eigenvalue weighted by molar-refractivity contribution is 0.0692. The van der Waals surface area contributed by atoms with Gasteiger partial charge in [0.1, 0.15) is 5.69 Å². The molecule has 2 aliphatic heterocycles. The minimum absolute atomic E-state index is 0.0249. The third-order valence-electron chi connectivity index (χ3n) is 4.42. The summed E-state index contributed by atoms with van der Waals surface area (Å²) < 4.78 is 10.7. The van der Waals surface area contributed by atoms with E-state index in [1.54, 1.807) is 0 Å². The molecule has 0 spiro atoms. The lowest BCUT2D eigenvalue weighted by atomic mass is 9.99. The van der Waals surface area contributed by atoms with E-state index >= 15 is 0 Å². The summed E-state index contributed by atoms with van der Waals surface area (Å²) >= 11 is 1.43. The Morgan fingerprint density at radius 3 is 2.92 bits per heavy atom. The first-order chi connectivity index (χ1) is 11.7. The van der Waals surface area contributed by atoms with Crippen molar-refractivity contribution >= 4 is 28.1 Å². The summed E-state index contributed by atoms with van der Waals surface area (Å²) in [6, 6.07) is 5.64. The number of ether oxygens (including phenoxy) is 2. The molecule has 0 saturated carbocycles. The molecule has 1 aromatic heterocycles. The number of benzene rings is 1. The van der Waals surface area contributed by atoms with E-state index < -0.39 is 0 Å². The molecule has 126 valence electrons. The highest BCUT2D eigenvalue weighted by atomic mass is 32.1. The van der Waals surface area contributed by atoms with Crippen LogP contribution in [-0.4, -0.2) is 35.7 Å². The van der Waals surface area contributed by atoms with Gasteiger partial charge in [0.15, 0.2) is 16.6 Å². The first kappa shape index (κ1) is 15.3. The third-order valence-corrected chi connectivity index (χ3v) is 5.18. The van der Waals surface area contributed by atoms with Crippen molar-refractivity contribution in [3.05, 3.63) is 29.3 Å². The number of anilines is 2. The summed E-state index contributed by atoms with van der Waals surface area (Å²) in [5, 5.41) is 5.73. The maximum atomic E-state index is 12.5. The van der Waals surface area contributed by atoms with E-state index in [0.29, 0.717) is 16.7 Å². The second-order valence-electron chi connectivity index (χ2n) is 6.21. The van der Waals surface area contributed by atoms with Crippen LogP contribution in [0.2, 0.25) is 0 Å². The molecule has 0 bridgehead atoms. The Hall–Kier alpha value is -2.28. The molecule has 2 aliphatic rings. The smallest absolute Gasteiger partial charge is 0.273 e. The summed E-state index contributed by atoms with van der Waals surface area (Å²) in [5.41, 5.74) is 1.37. The molecule has 7 heteroatoms. The van der Waals surface area contributed by atoms with Crippen LogP contribution in [0.1, 0.15) is 30.3 Å². The monoisotopic (exact) mass is 345 g/mol. The molecular formula is C17H19N3O3S. The third kappa shape index (κ3) is 3.03. The Morgan fingerprint density at radius 2 is 2.08 bits per heavy atom. The number of fused-ring (bicyclic) bond motifs is 1. The molecule has 0 atom stereocenters. The number of likely N-dealkylation sites (tertiary alicyclic amines) is 1. The van der Waals surface area contributed by atoms with E-state index in [-0.39, 0.29) is 12.7 Å². The largest absolute Gasteiger partial charge is 0.454 e. The topological polar surface area (TPSA) is 63.7 Å². The van der Waals surface area contributed by atoms with Crippen LogP contribution in [-0.2, 0) is 0 Å². The second-order valence-corrected chi connectivity index (χ2v) is 7.06. The average molecular weight is 345 g/mol. The number of rotatable bonds is 3. The highest BCUT2D eigenvalue weighted by molar-refractivity contribution is 7.14. The van der Waals surface area contributed by atoms with Gasteiger partial charge in [-0.3, -0.25) is 4.79 Å². The lowest BCUT2D eigenvalue weighted by Gasteiger charge is -2.29. The summed E-state index contributed by atoms with van der Waals surface area (Å²) in [7, 11) is 0. The molecule has 0 aliphatic carbocycles. The maximum Gasteiger partial charge on any atom is 0.273 e. The number of hydrogen-bond donors (Lipinski definition) is 1. The van der Waals surface area contributed by atoms with Crippen LogP contribution >= 0.6 is 11.3 Å². The fourth-order valence-electron chi connectivity index (χ4n) is 2.90. The molecule has 1 N–H and O–H groups in total. The molecule has 3 heterocycles. The first-order valence-corrected chi connectivity index (χ1v) is 8.98. The maximum absolute atomic E-state index is 12.5. The fourth-order valence-corrected chi connectivity index (χ4v) is 3.61. The lowest BCUT2D eigenvalue weighted by Crippen LogP contribution is -2.38. The van der Waals surface area contributed by atoms with E-state index in [1.165, 1.54) is 11.3 Å². The normalized spacial score (nSPS) is 17.1. The number of aromatic nitrogens is 1. The van der Waals surface area contributed by atoms with E-state index in [1.807, 2.05) is 28.5 Å². The van der Waals surface area contributed by atoms with Gasteiger partial charge in [-0.25, -0.2) is 4.98 Å². The van der Waals surface area contributed by atoms with Crippen molar-refractivity contribution in [1.82, 2.24) is 9.88 Å². The van der Waals surface area contributed by atoms with Gasteiger partial charge in [-0.1, -0.05) is 6.92 Å². The Labute approximate surface area is 144 Å². The minimum Gasteiger partial charge on any atom is -0.454 e. The molecule has 1 saturated heterocycles. The van der Waals surface area contributed by atoms with Crippen LogP contribution in [0.25, 0.3) is 0 Å². The van der Waals surface area contributed by atoms with E-state index in [9.17, 15) is 4.79 Å². The zero-order valence-corrected chi connectivity index (χ0v) is 14.3. The predicted octanol–water partition coefficient (Wildman–Crippen LogP) is 3.49. The highest BCUT2D eigenvalue weighted by Crippen LogP contribution is 2.35. The van der Waals surface area contributed by atoms with Crippen LogP contribution in [0.15, 0.2) is 23.6 Å². The molecule has 24 heavy (non-hydrogen) atoms. The molecule has 0 radical (unpaired) electrons. The number of carbonyl (C=O) groups excluding carboxylic acids is 1. The molecule has 1 aromatic carbocycles. The SMILES string of the molecule is CC1CCN(C(=O)c2csc(Nc3ccc4c(c3)OCO4)n2)CC1. The van der Waals surface area contributed by atoms with Crippen LogP contribution < -0.4 is 14.8 Å². The summed E-state index contributed by atoms with van der Waals surface area (Å²) in [6.45, 7) is 4.13. The molecule has 1 amide bonds. The highest BCUT2D eigenvalue weighted by Gasteiger charge is 2.23. The Bertz CT molecular complexity index is 753. The van der Waals surface area contributed by atoms with Crippen molar-refractivity contribution in [2.75, 3.05) is 25.2 Å². The van der Waals surface area contributed by atoms with E-state index in [0.717, 1.165) is 43.1 Å². The summed E-state index contributed by atoms with van der Waals surface area (Å²) in [6.07, 6.45) is 2.14. The van der Waals surface area contributed by atoms with Crippen LogP contribution in [0.4, 0.5) is 10.8 Å². The predicted molar refractivity (Wildman–Crippen MR) is 92.3 cm³/mol. The summed E-state index contributed by atoms with van der Waals surface area (Å²) in [4.78, 5) is 18.9. The first-order valence-electron chi connectivity index (χ1n) is 8.10. The number of piperidine rings is 1. The number of thiazole rings is 1. The van der Waals surface area contributed by atoms with Crippen LogP contribution in [0, 0.1) is 5.92 Å². The number of amides is 1. The van der Waals surface area contributed by atoms with Gasteiger partial charge in [0.25, 0.3) is 5.91 Å². The van der Waals surface area contributed by atoms with Crippen molar-refractivity contribution in [3.63, 3.8) is 0 Å². The molecule has 1 fully saturated rings. The number of hydrogen-bond acceptors (Lipinski definition) is 6. The van der Waals surface area contributed by atoms with Crippen LogP contribution in [0.3, 0.4) is 0 Å². The molecular weight excluding hydrogens is 326 g/mol. The molecule has 4 rings (SSSR count). The average Bonchev–Trinajstić information content (AvgIpc) is 3.24. The number of carbonyl (C=O) groups is 1. The standard InChI is InChI=1S/C17H19N3O3S/c1-11-4-6-20(7-5-11)16(21)13-9-24-17(19-13)18-12-2-3-14-15(8-12)23-10-22-14/h2-3,8-9,11H,4-7,10H2,1H3,(H,18,19). The van der Waals surface area contributed by atoms with Gasteiger partial charge in [0, 0.05) is 30.2 Å². The number of nitrogens with one attached hydrogen (secondary N) is 1. The summed E-state index contributed by atoms with van der Waals surface area (Å²) in [5.74, 6) is 2.19. The Balaban J connectivity index is 1.44. The fraction of sp³-hybridized carbons (Fsp3) is 0.412. The Kier molecular flexibility index (Phi) is 4.02. The zero-order chi connectivity index (χ0) is 16.5. The van der Waals surface area contributed by atoms with Gasteiger partial charge < -0.3 is 19.7 Å². The van der Waals surface area contributed by atoms with Gasteiger partial charge >= 0.3 is 0 Å². The van der Waals surface area contributed by atoms with Gasteiger partial charge in [-0.05, 0) is 30.9 Å². The van der Waals surface area contributed by atoms with E-state index in [4.69, 9.17) is 9.47 Å². The van der Waals surface area contributed by atoms with Gasteiger partial charge in [-0.15, -0.1) is 11.3 Å². The molecule has 2 aromatic rings. The van der Waals surface area contributed by atoms with Crippen molar-refractivity contribution < 1.29 is 14.3 Å². The van der Waals surface area contributed by atoms with Crippen molar-refractivity contribution in [2.24, 2.45) is 5.92 Å². The minimum atomic E-state index is 0.0249. The van der Waals surface area contributed by atoms with Gasteiger partial charge in [-0.2, -0.15) is 0 Å². The molecule has 0 unspecified atom stereocenters. The van der Waals surface area contributed by atoms with Crippen molar-refractivity contribution in [3.8, 4) is 11.5 Å². The van der Waals surface area contributed by atoms with Gasteiger partial charge in [0.2, 0.25) is 6.79 Å². The van der Waals surface area contributed by atoms with Crippen molar-refractivity contribution in [1.29, 1.82) is 0 Å². The zero-order valence-electron chi connectivity index (χ0n) is 13.4. The Morgan fingerprint density at radius 1 is 1.29 bits per heavy atom. The second kappa shape index (κ2) is 6.32.